The van der Waals surface area contributed by atoms with Gasteiger partial charge >= 0.3 is 0 Å². The van der Waals surface area contributed by atoms with E-state index in [1.54, 1.807) is 14.1 Å². The van der Waals surface area contributed by atoms with Crippen molar-refractivity contribution in [3.05, 3.63) is 23.8 Å². The summed E-state index contributed by atoms with van der Waals surface area (Å²) in [5.74, 6) is -0.0585. The summed E-state index contributed by atoms with van der Waals surface area (Å²) in [4.78, 5) is 13.0. The number of amides is 1. The molecule has 1 aromatic carbocycles. The summed E-state index contributed by atoms with van der Waals surface area (Å²) >= 11 is 0. The molecule has 0 N–H and O–H groups in total. The Morgan fingerprint density at radius 3 is 2.35 bits per heavy atom. The van der Waals surface area contributed by atoms with Crippen molar-refractivity contribution in [3.63, 3.8) is 0 Å². The molecule has 0 bridgehead atoms. The highest BCUT2D eigenvalue weighted by atomic mass is 35.7. The topological polar surface area (TPSA) is 63.7 Å². The molecule has 0 aliphatic heterocycles. The van der Waals surface area contributed by atoms with Crippen LogP contribution in [0, 0.1) is 0 Å². The third-order valence-electron chi connectivity index (χ3n) is 2.09. The van der Waals surface area contributed by atoms with Crippen molar-refractivity contribution >= 4 is 25.6 Å². The summed E-state index contributed by atoms with van der Waals surface area (Å²) in [5.41, 5.74) is 0.152. The van der Waals surface area contributed by atoms with E-state index < -0.39 is 9.05 Å². The molecule has 0 unspecified atom stereocenters. The third-order valence-corrected chi connectivity index (χ3v) is 3.44. The van der Waals surface area contributed by atoms with Gasteiger partial charge in [-0.15, -0.1) is 0 Å². The van der Waals surface area contributed by atoms with Crippen LogP contribution in [0.3, 0.4) is 0 Å². The second-order valence-electron chi connectivity index (χ2n) is 3.50. The number of halogens is 1. The van der Waals surface area contributed by atoms with Crippen LogP contribution in [-0.4, -0.2) is 40.4 Å². The average molecular weight is 278 g/mol. The highest BCUT2D eigenvalue weighted by Gasteiger charge is 2.19. The van der Waals surface area contributed by atoms with Crippen LogP contribution in [0.15, 0.2) is 23.1 Å². The summed E-state index contributed by atoms with van der Waals surface area (Å²) in [7, 11) is 5.87. The lowest BCUT2D eigenvalue weighted by Gasteiger charge is -2.13. The SMILES string of the molecule is COc1ccc(S(=O)(=O)Cl)cc1C(=O)N(C)C. The van der Waals surface area contributed by atoms with Gasteiger partial charge in [0.1, 0.15) is 5.75 Å². The van der Waals surface area contributed by atoms with E-state index in [1.807, 2.05) is 0 Å². The lowest BCUT2D eigenvalue weighted by atomic mass is 10.2. The van der Waals surface area contributed by atoms with E-state index in [0.717, 1.165) is 0 Å². The Hall–Kier alpha value is -1.27. The highest BCUT2D eigenvalue weighted by molar-refractivity contribution is 8.13. The van der Waals surface area contributed by atoms with Crippen molar-refractivity contribution in [2.75, 3.05) is 21.2 Å². The summed E-state index contributed by atoms with van der Waals surface area (Å²) in [6.45, 7) is 0. The van der Waals surface area contributed by atoms with Crippen molar-refractivity contribution in [1.82, 2.24) is 4.90 Å². The number of carbonyl (C=O) groups excluding carboxylic acids is 1. The summed E-state index contributed by atoms with van der Waals surface area (Å²) < 4.78 is 27.4. The van der Waals surface area contributed by atoms with Gasteiger partial charge < -0.3 is 9.64 Å². The Labute approximate surface area is 104 Å². The molecule has 1 amide bonds. The quantitative estimate of drug-likeness (QED) is 0.782. The summed E-state index contributed by atoms with van der Waals surface area (Å²) in [6, 6.07) is 3.88. The Kier molecular flexibility index (Phi) is 4.00. The molecular weight excluding hydrogens is 266 g/mol. The van der Waals surface area contributed by atoms with E-state index in [4.69, 9.17) is 15.4 Å². The maximum Gasteiger partial charge on any atom is 0.261 e. The van der Waals surface area contributed by atoms with Crippen LogP contribution in [0.2, 0.25) is 0 Å². The fourth-order valence-electron chi connectivity index (χ4n) is 1.25. The lowest BCUT2D eigenvalue weighted by Crippen LogP contribution is -2.22. The van der Waals surface area contributed by atoms with Crippen LogP contribution in [0.5, 0.6) is 5.75 Å². The standard InChI is InChI=1S/C10H12ClNO4S/c1-12(2)10(13)8-6-7(17(11,14)15)4-5-9(8)16-3/h4-6H,1-3H3. The second-order valence-corrected chi connectivity index (χ2v) is 6.07. The molecule has 0 saturated heterocycles. The molecule has 0 fully saturated rings. The Balaban J connectivity index is 3.40. The molecule has 0 aliphatic rings. The maximum absolute atomic E-state index is 11.8. The van der Waals surface area contributed by atoms with Gasteiger partial charge in [0.05, 0.1) is 17.6 Å². The predicted octanol–water partition coefficient (Wildman–Crippen LogP) is 1.32. The van der Waals surface area contributed by atoms with Gasteiger partial charge in [-0.1, -0.05) is 0 Å². The fraction of sp³-hybridized carbons (Fsp3) is 0.300. The van der Waals surface area contributed by atoms with Crippen molar-refractivity contribution in [1.29, 1.82) is 0 Å². The minimum atomic E-state index is -3.86. The predicted molar refractivity (Wildman–Crippen MR) is 64.1 cm³/mol. The van der Waals surface area contributed by atoms with Crippen molar-refractivity contribution in [3.8, 4) is 5.75 Å². The number of hydrogen-bond donors (Lipinski definition) is 0. The van der Waals surface area contributed by atoms with E-state index >= 15 is 0 Å². The van der Waals surface area contributed by atoms with Gasteiger partial charge in [0.2, 0.25) is 0 Å². The van der Waals surface area contributed by atoms with E-state index in [2.05, 4.69) is 0 Å². The lowest BCUT2D eigenvalue weighted by molar-refractivity contribution is 0.0824. The van der Waals surface area contributed by atoms with Gasteiger partial charge in [-0.05, 0) is 18.2 Å². The monoisotopic (exact) mass is 277 g/mol. The van der Waals surface area contributed by atoms with Crippen LogP contribution in [0.4, 0.5) is 0 Å². The number of hydrogen-bond acceptors (Lipinski definition) is 4. The molecular formula is C10H12ClNO4S. The zero-order chi connectivity index (χ0) is 13.2. The largest absolute Gasteiger partial charge is 0.496 e. The van der Waals surface area contributed by atoms with Crippen molar-refractivity contribution in [2.45, 2.75) is 4.90 Å². The molecule has 0 aliphatic carbocycles. The molecule has 0 atom stereocenters. The summed E-state index contributed by atoms with van der Waals surface area (Å²) in [6.07, 6.45) is 0. The van der Waals surface area contributed by atoms with Gasteiger partial charge in [0, 0.05) is 24.8 Å². The molecule has 5 nitrogen and oxygen atoms in total. The van der Waals surface area contributed by atoms with Crippen molar-refractivity contribution < 1.29 is 17.9 Å². The molecule has 0 saturated carbocycles. The number of carbonyl (C=O) groups is 1. The molecule has 1 aromatic rings. The van der Waals surface area contributed by atoms with E-state index in [-0.39, 0.29) is 16.4 Å². The smallest absolute Gasteiger partial charge is 0.261 e. The number of rotatable bonds is 3. The van der Waals surface area contributed by atoms with Crippen LogP contribution in [0.25, 0.3) is 0 Å². The molecule has 0 radical (unpaired) electrons. The average Bonchev–Trinajstić information content (AvgIpc) is 2.25. The first-order chi connectivity index (χ1) is 7.77. The van der Waals surface area contributed by atoms with Gasteiger partial charge in [-0.3, -0.25) is 4.79 Å². The molecule has 0 heterocycles. The minimum Gasteiger partial charge on any atom is -0.496 e. The molecule has 94 valence electrons. The molecule has 0 spiro atoms. The Bertz CT molecular complexity index is 539. The van der Waals surface area contributed by atoms with Crippen LogP contribution >= 0.6 is 10.7 Å². The first-order valence-electron chi connectivity index (χ1n) is 4.61. The third kappa shape index (κ3) is 3.10. The van der Waals surface area contributed by atoms with Gasteiger partial charge in [0.15, 0.2) is 0 Å². The zero-order valence-electron chi connectivity index (χ0n) is 9.60. The Morgan fingerprint density at radius 1 is 1.35 bits per heavy atom. The van der Waals surface area contributed by atoms with E-state index in [1.165, 1.54) is 30.2 Å². The molecule has 1 rings (SSSR count). The van der Waals surface area contributed by atoms with E-state index in [0.29, 0.717) is 5.75 Å². The van der Waals surface area contributed by atoms with Crippen LogP contribution in [0.1, 0.15) is 10.4 Å². The number of ether oxygens (including phenoxy) is 1. The highest BCUT2D eigenvalue weighted by Crippen LogP contribution is 2.25. The normalized spacial score (nSPS) is 11.1. The molecule has 0 aromatic heterocycles. The van der Waals surface area contributed by atoms with Gasteiger partial charge in [-0.2, -0.15) is 0 Å². The van der Waals surface area contributed by atoms with Gasteiger partial charge in [0.25, 0.3) is 15.0 Å². The maximum atomic E-state index is 11.8. The fourth-order valence-corrected chi connectivity index (χ4v) is 2.02. The minimum absolute atomic E-state index is 0.134. The van der Waals surface area contributed by atoms with E-state index in [9.17, 15) is 13.2 Å². The first kappa shape index (κ1) is 13.8. The Morgan fingerprint density at radius 2 is 1.94 bits per heavy atom. The second kappa shape index (κ2) is 4.93. The molecule has 17 heavy (non-hydrogen) atoms. The summed E-state index contributed by atoms with van der Waals surface area (Å²) in [5, 5.41) is 0. The number of benzene rings is 1. The number of methoxy groups -OCH3 is 1. The zero-order valence-corrected chi connectivity index (χ0v) is 11.2. The van der Waals surface area contributed by atoms with Crippen LogP contribution in [-0.2, 0) is 9.05 Å². The van der Waals surface area contributed by atoms with Gasteiger partial charge in [-0.25, -0.2) is 8.42 Å². The first-order valence-corrected chi connectivity index (χ1v) is 6.92. The van der Waals surface area contributed by atoms with Crippen LogP contribution < -0.4 is 4.74 Å². The number of nitrogens with zero attached hydrogens (tertiary/aromatic N) is 1. The molecule has 7 heteroatoms. The van der Waals surface area contributed by atoms with Crippen molar-refractivity contribution in [2.24, 2.45) is 0 Å².